The first-order valence-electron chi connectivity index (χ1n) is 22.8. The first-order chi connectivity index (χ1) is 30.0. The van der Waals surface area contributed by atoms with E-state index in [9.17, 15) is 0 Å². The van der Waals surface area contributed by atoms with Gasteiger partial charge in [-0.2, -0.15) is 0 Å². The fourth-order valence-electron chi connectivity index (χ4n) is 8.17. The SMILES string of the molecule is Cc1ccc(N(c2ccc(C)cc2)c2cc(N(c3ccc(C(C)(C)C)cc3)c3ccc(C(C)(C)C)cc3)c(Cl)c(N(c3ccc(C(C)(C)C)cc3)c3ccc(C(C)(C)C)cc3)c2)cc1. The minimum atomic E-state index is -0.00337. The molecule has 0 fully saturated rings. The molecular formula is C60H68ClN3. The minimum Gasteiger partial charge on any atom is -0.310 e. The highest BCUT2D eigenvalue weighted by molar-refractivity contribution is 6.37. The number of aryl methyl sites for hydroxylation is 2. The molecule has 0 bridgehead atoms. The van der Waals surface area contributed by atoms with Gasteiger partial charge in [0.25, 0.3) is 0 Å². The molecule has 0 N–H and O–H groups in total. The van der Waals surface area contributed by atoms with Crippen molar-refractivity contribution in [1.82, 2.24) is 0 Å². The Bertz CT molecular complexity index is 2370. The Kier molecular flexibility index (Phi) is 12.8. The second-order valence-corrected chi connectivity index (χ2v) is 22.0. The van der Waals surface area contributed by atoms with E-state index in [-0.39, 0.29) is 21.7 Å². The summed E-state index contributed by atoms with van der Waals surface area (Å²) >= 11 is 8.12. The lowest BCUT2D eigenvalue weighted by molar-refractivity contribution is 0.590. The fraction of sp³-hybridized carbons (Fsp3) is 0.300. The molecule has 0 aliphatic carbocycles. The first kappa shape index (κ1) is 46.2. The highest BCUT2D eigenvalue weighted by Gasteiger charge is 2.28. The van der Waals surface area contributed by atoms with Gasteiger partial charge in [-0.25, -0.2) is 0 Å². The topological polar surface area (TPSA) is 9.72 Å². The summed E-state index contributed by atoms with van der Waals surface area (Å²) in [5, 5.41) is 0.635. The second kappa shape index (κ2) is 17.7. The van der Waals surface area contributed by atoms with Crippen LogP contribution in [-0.4, -0.2) is 0 Å². The Labute approximate surface area is 390 Å². The predicted molar refractivity (Wildman–Crippen MR) is 280 cm³/mol. The second-order valence-electron chi connectivity index (χ2n) is 21.7. The number of hydrogen-bond donors (Lipinski definition) is 0. The van der Waals surface area contributed by atoms with Crippen molar-refractivity contribution in [2.24, 2.45) is 0 Å². The van der Waals surface area contributed by atoms with E-state index in [4.69, 9.17) is 11.6 Å². The number of halogens is 1. The Balaban J connectivity index is 1.59. The summed E-state index contributed by atoms with van der Waals surface area (Å²) in [6, 6.07) is 58.2. The molecule has 0 aromatic heterocycles. The van der Waals surface area contributed by atoms with Crippen molar-refractivity contribution in [2.45, 2.75) is 119 Å². The van der Waals surface area contributed by atoms with Crippen LogP contribution in [0.15, 0.2) is 158 Å². The van der Waals surface area contributed by atoms with Gasteiger partial charge in [0, 0.05) is 34.1 Å². The molecule has 4 heteroatoms. The third-order valence-electron chi connectivity index (χ3n) is 12.3. The number of anilines is 9. The van der Waals surface area contributed by atoms with E-state index in [0.29, 0.717) is 5.02 Å². The average molecular weight is 867 g/mol. The predicted octanol–water partition coefficient (Wildman–Crippen LogP) is 18.6. The van der Waals surface area contributed by atoms with Crippen LogP contribution in [0.25, 0.3) is 0 Å². The number of hydrogen-bond acceptors (Lipinski definition) is 3. The Morgan fingerprint density at radius 2 is 0.484 bits per heavy atom. The van der Waals surface area contributed by atoms with Crippen molar-refractivity contribution in [3.8, 4) is 0 Å². The van der Waals surface area contributed by atoms with Gasteiger partial charge in [-0.1, -0.05) is 179 Å². The maximum Gasteiger partial charge on any atom is 0.0888 e. The summed E-state index contributed by atoms with van der Waals surface area (Å²) in [4.78, 5) is 7.02. The van der Waals surface area contributed by atoms with Crippen molar-refractivity contribution >= 4 is 62.8 Å². The summed E-state index contributed by atoms with van der Waals surface area (Å²) in [6.07, 6.45) is 0. The van der Waals surface area contributed by atoms with E-state index in [1.165, 1.54) is 33.4 Å². The van der Waals surface area contributed by atoms with E-state index < -0.39 is 0 Å². The minimum absolute atomic E-state index is 0.00337. The molecule has 7 aromatic rings. The van der Waals surface area contributed by atoms with Gasteiger partial charge in [-0.05, 0) is 143 Å². The number of nitrogens with zero attached hydrogens (tertiary/aromatic N) is 3. The van der Waals surface area contributed by atoms with Gasteiger partial charge < -0.3 is 14.7 Å². The van der Waals surface area contributed by atoms with Gasteiger partial charge in [0.1, 0.15) is 0 Å². The molecule has 0 atom stereocenters. The van der Waals surface area contributed by atoms with Crippen LogP contribution in [0.1, 0.15) is 116 Å². The maximum atomic E-state index is 8.12. The molecule has 330 valence electrons. The van der Waals surface area contributed by atoms with Crippen LogP contribution in [-0.2, 0) is 21.7 Å². The quantitative estimate of drug-likeness (QED) is 0.143. The summed E-state index contributed by atoms with van der Waals surface area (Å²) in [5.41, 5.74) is 16.4. The largest absolute Gasteiger partial charge is 0.310 e. The molecule has 7 rings (SSSR count). The molecule has 64 heavy (non-hydrogen) atoms. The van der Waals surface area contributed by atoms with Crippen molar-refractivity contribution in [2.75, 3.05) is 14.7 Å². The molecule has 0 unspecified atom stereocenters. The van der Waals surface area contributed by atoms with E-state index in [2.05, 4.69) is 269 Å². The molecule has 3 nitrogen and oxygen atoms in total. The van der Waals surface area contributed by atoms with E-state index in [0.717, 1.165) is 51.2 Å². The summed E-state index contributed by atoms with van der Waals surface area (Å²) < 4.78 is 0. The molecule has 0 radical (unpaired) electrons. The third-order valence-corrected chi connectivity index (χ3v) is 12.7. The lowest BCUT2D eigenvalue weighted by Crippen LogP contribution is -2.18. The molecule has 0 aliphatic heterocycles. The summed E-state index contributed by atoms with van der Waals surface area (Å²) in [6.45, 7) is 31.4. The zero-order valence-corrected chi connectivity index (χ0v) is 41.5. The lowest BCUT2D eigenvalue weighted by atomic mass is 9.86. The van der Waals surface area contributed by atoms with Crippen LogP contribution in [0.5, 0.6) is 0 Å². The number of rotatable bonds is 9. The molecular weight excluding hydrogens is 798 g/mol. The highest BCUT2D eigenvalue weighted by Crippen LogP contribution is 2.51. The van der Waals surface area contributed by atoms with E-state index in [1.807, 2.05) is 0 Å². The van der Waals surface area contributed by atoms with Crippen molar-refractivity contribution < 1.29 is 0 Å². The lowest BCUT2D eigenvalue weighted by Gasteiger charge is -2.35. The van der Waals surface area contributed by atoms with Crippen molar-refractivity contribution in [3.63, 3.8) is 0 Å². The Morgan fingerprint density at radius 1 is 0.281 bits per heavy atom. The zero-order chi connectivity index (χ0) is 46.4. The highest BCUT2D eigenvalue weighted by atomic mass is 35.5. The van der Waals surface area contributed by atoms with Gasteiger partial charge in [0.15, 0.2) is 0 Å². The maximum absolute atomic E-state index is 8.12. The van der Waals surface area contributed by atoms with Crippen molar-refractivity contribution in [1.29, 1.82) is 0 Å². The van der Waals surface area contributed by atoms with Gasteiger partial charge in [0.05, 0.1) is 22.1 Å². The normalized spacial score (nSPS) is 12.3. The van der Waals surface area contributed by atoms with Crippen LogP contribution in [0.4, 0.5) is 51.2 Å². The van der Waals surface area contributed by atoms with Gasteiger partial charge in [-0.3, -0.25) is 0 Å². The van der Waals surface area contributed by atoms with Gasteiger partial charge >= 0.3 is 0 Å². The summed E-state index contributed by atoms with van der Waals surface area (Å²) in [5.74, 6) is 0. The van der Waals surface area contributed by atoms with Crippen LogP contribution >= 0.6 is 11.6 Å². The van der Waals surface area contributed by atoms with Crippen LogP contribution in [0.3, 0.4) is 0 Å². The van der Waals surface area contributed by atoms with Gasteiger partial charge in [0.2, 0.25) is 0 Å². The van der Waals surface area contributed by atoms with Crippen LogP contribution in [0, 0.1) is 13.8 Å². The molecule has 7 aromatic carbocycles. The van der Waals surface area contributed by atoms with E-state index in [1.54, 1.807) is 0 Å². The fourth-order valence-corrected chi connectivity index (χ4v) is 8.44. The van der Waals surface area contributed by atoms with Crippen LogP contribution in [0.2, 0.25) is 5.02 Å². The first-order valence-corrected chi connectivity index (χ1v) is 23.2. The number of benzene rings is 7. The van der Waals surface area contributed by atoms with Crippen molar-refractivity contribution in [3.05, 3.63) is 196 Å². The average Bonchev–Trinajstić information content (AvgIpc) is 3.23. The molecule has 0 aliphatic rings. The standard InChI is InChI=1S/C60H68ClN3/c1-41-15-27-47(28-16-41)62(48-29-17-42(2)18-30-48)53-39-54(63(49-31-19-43(20-32-49)57(3,4)5)50-33-21-44(22-34-50)58(6,7)8)56(61)55(40-53)64(51-35-23-45(24-36-51)59(9,10)11)52-37-25-46(26-38-52)60(12,13)14/h15-40H,1-14H3. The molecule has 0 amide bonds. The molecule has 0 heterocycles. The van der Waals surface area contributed by atoms with Crippen LogP contribution < -0.4 is 14.7 Å². The zero-order valence-electron chi connectivity index (χ0n) is 40.7. The monoisotopic (exact) mass is 866 g/mol. The smallest absolute Gasteiger partial charge is 0.0888 e. The van der Waals surface area contributed by atoms with E-state index >= 15 is 0 Å². The molecule has 0 spiro atoms. The van der Waals surface area contributed by atoms with Gasteiger partial charge in [-0.15, -0.1) is 0 Å². The molecule has 0 saturated heterocycles. The molecule has 0 saturated carbocycles. The summed E-state index contributed by atoms with van der Waals surface area (Å²) in [7, 11) is 0. The Hall–Kier alpha value is -5.77. The Morgan fingerprint density at radius 3 is 0.703 bits per heavy atom. The third kappa shape index (κ3) is 10.1.